The summed E-state index contributed by atoms with van der Waals surface area (Å²) in [6.45, 7) is 3.52. The number of hydroxylamine groups is 2. The fourth-order valence-corrected chi connectivity index (χ4v) is 3.11. The van der Waals surface area contributed by atoms with Crippen molar-refractivity contribution in [2.24, 2.45) is 0 Å². The van der Waals surface area contributed by atoms with Crippen molar-refractivity contribution in [1.29, 1.82) is 0 Å². The van der Waals surface area contributed by atoms with Gasteiger partial charge in [-0.25, -0.2) is 9.59 Å². The second kappa shape index (κ2) is 7.06. The van der Waals surface area contributed by atoms with E-state index < -0.39 is 23.8 Å². The van der Waals surface area contributed by atoms with E-state index in [1.54, 1.807) is 19.1 Å². The molecule has 27 heavy (non-hydrogen) atoms. The molecule has 0 spiro atoms. The van der Waals surface area contributed by atoms with Gasteiger partial charge in [-0.15, -0.1) is 0 Å². The first-order valence-electron chi connectivity index (χ1n) is 8.40. The van der Waals surface area contributed by atoms with Crippen LogP contribution in [-0.2, 0) is 16.0 Å². The number of hydrogen-bond acceptors (Lipinski definition) is 6. The number of aromatic nitrogens is 1. The van der Waals surface area contributed by atoms with Crippen LogP contribution in [-0.4, -0.2) is 40.9 Å². The molecule has 3 rings (SSSR count). The van der Waals surface area contributed by atoms with E-state index in [1.165, 1.54) is 19.2 Å². The van der Waals surface area contributed by atoms with Crippen molar-refractivity contribution in [1.82, 2.24) is 10.0 Å². The second-order valence-corrected chi connectivity index (χ2v) is 6.05. The fraction of sp³-hybridized carbons (Fsp3) is 0.263. The van der Waals surface area contributed by atoms with Crippen molar-refractivity contribution >= 4 is 23.8 Å². The van der Waals surface area contributed by atoms with Gasteiger partial charge in [0.15, 0.2) is 0 Å². The van der Waals surface area contributed by atoms with Gasteiger partial charge in [-0.3, -0.25) is 9.59 Å². The Labute approximate surface area is 155 Å². The standard InChI is InChI=1S/C19H18N2O6/c1-4-7-13-14(18(24)26-3)10(2)20-15(13)19(25)27-21-16(22)11-8-5-6-9-12(11)17(21)23/h5-6,8-9,20H,4,7H2,1-3H3. The smallest absolute Gasteiger partial charge is 0.380 e. The highest BCUT2D eigenvalue weighted by Gasteiger charge is 2.39. The molecule has 0 saturated carbocycles. The molecule has 0 radical (unpaired) electrons. The molecule has 1 aromatic carbocycles. The van der Waals surface area contributed by atoms with Gasteiger partial charge in [-0.05, 0) is 31.0 Å². The van der Waals surface area contributed by atoms with Crippen molar-refractivity contribution in [2.45, 2.75) is 26.7 Å². The van der Waals surface area contributed by atoms with Gasteiger partial charge in [0.1, 0.15) is 5.69 Å². The van der Waals surface area contributed by atoms with Crippen LogP contribution in [0.25, 0.3) is 0 Å². The van der Waals surface area contributed by atoms with E-state index in [-0.39, 0.29) is 22.4 Å². The number of aromatic amines is 1. The molecule has 1 N–H and O–H groups in total. The highest BCUT2D eigenvalue weighted by Crippen LogP contribution is 2.26. The number of benzene rings is 1. The molecular weight excluding hydrogens is 352 g/mol. The summed E-state index contributed by atoms with van der Waals surface area (Å²) in [5, 5.41) is 0.441. The number of amides is 2. The number of carbonyl (C=O) groups is 4. The van der Waals surface area contributed by atoms with Gasteiger partial charge < -0.3 is 14.6 Å². The molecule has 0 saturated heterocycles. The number of nitrogens with zero attached hydrogens (tertiary/aromatic N) is 1. The third-order valence-electron chi connectivity index (χ3n) is 4.32. The van der Waals surface area contributed by atoms with Gasteiger partial charge in [-0.1, -0.05) is 30.5 Å². The van der Waals surface area contributed by atoms with Crippen molar-refractivity contribution in [3.8, 4) is 0 Å². The fourth-order valence-electron chi connectivity index (χ4n) is 3.11. The van der Waals surface area contributed by atoms with Crippen LogP contribution in [0, 0.1) is 6.92 Å². The third-order valence-corrected chi connectivity index (χ3v) is 4.32. The second-order valence-electron chi connectivity index (χ2n) is 6.05. The van der Waals surface area contributed by atoms with Crippen molar-refractivity contribution in [2.75, 3.05) is 7.11 Å². The maximum Gasteiger partial charge on any atom is 0.380 e. The molecule has 0 atom stereocenters. The lowest BCUT2D eigenvalue weighted by Crippen LogP contribution is -2.33. The molecular formula is C19H18N2O6. The first-order valence-corrected chi connectivity index (χ1v) is 8.40. The number of nitrogens with one attached hydrogen (secondary N) is 1. The lowest BCUT2D eigenvalue weighted by Gasteiger charge is -2.13. The highest BCUT2D eigenvalue weighted by atomic mass is 16.7. The number of H-pyrrole nitrogens is 1. The van der Waals surface area contributed by atoms with Gasteiger partial charge >= 0.3 is 11.9 Å². The van der Waals surface area contributed by atoms with Crippen molar-refractivity contribution in [3.05, 3.63) is 57.9 Å². The lowest BCUT2D eigenvalue weighted by atomic mass is 10.0. The Morgan fingerprint density at radius 2 is 1.67 bits per heavy atom. The van der Waals surface area contributed by atoms with Gasteiger partial charge in [0.25, 0.3) is 11.8 Å². The van der Waals surface area contributed by atoms with Crippen LogP contribution in [0.4, 0.5) is 0 Å². The van der Waals surface area contributed by atoms with Crippen LogP contribution in [0.15, 0.2) is 24.3 Å². The third kappa shape index (κ3) is 2.99. The molecule has 0 bridgehead atoms. The Hall–Kier alpha value is -3.42. The van der Waals surface area contributed by atoms with Crippen LogP contribution in [0.3, 0.4) is 0 Å². The number of ether oxygens (including phenoxy) is 1. The zero-order chi connectivity index (χ0) is 19.7. The van der Waals surface area contributed by atoms with Crippen molar-refractivity contribution < 1.29 is 28.8 Å². The predicted molar refractivity (Wildman–Crippen MR) is 93.2 cm³/mol. The molecule has 140 valence electrons. The zero-order valence-electron chi connectivity index (χ0n) is 15.1. The minimum atomic E-state index is -0.925. The summed E-state index contributed by atoms with van der Waals surface area (Å²) >= 11 is 0. The van der Waals surface area contributed by atoms with Crippen LogP contribution >= 0.6 is 0 Å². The Kier molecular flexibility index (Phi) is 4.81. The van der Waals surface area contributed by atoms with Gasteiger partial charge in [0.05, 0.1) is 23.8 Å². The first kappa shape index (κ1) is 18.4. The van der Waals surface area contributed by atoms with E-state index in [0.29, 0.717) is 29.2 Å². The number of aryl methyl sites for hydroxylation is 1. The normalized spacial score (nSPS) is 12.9. The van der Waals surface area contributed by atoms with Crippen LogP contribution in [0.1, 0.15) is 66.2 Å². The van der Waals surface area contributed by atoms with Crippen LogP contribution in [0.5, 0.6) is 0 Å². The van der Waals surface area contributed by atoms with Crippen LogP contribution in [0.2, 0.25) is 0 Å². The van der Waals surface area contributed by atoms with E-state index in [2.05, 4.69) is 4.98 Å². The number of fused-ring (bicyclic) bond motifs is 1. The number of rotatable bonds is 5. The maximum atomic E-state index is 12.7. The van der Waals surface area contributed by atoms with E-state index in [1.807, 2.05) is 6.92 Å². The highest BCUT2D eigenvalue weighted by molar-refractivity contribution is 6.21. The number of carbonyl (C=O) groups excluding carboxylic acids is 4. The lowest BCUT2D eigenvalue weighted by molar-refractivity contribution is -0.0588. The van der Waals surface area contributed by atoms with Gasteiger partial charge in [0.2, 0.25) is 0 Å². The number of methoxy groups -OCH3 is 1. The van der Waals surface area contributed by atoms with E-state index in [4.69, 9.17) is 9.57 Å². The summed E-state index contributed by atoms with van der Waals surface area (Å²) in [5.74, 6) is -2.92. The first-order chi connectivity index (χ1) is 12.9. The maximum absolute atomic E-state index is 12.7. The van der Waals surface area contributed by atoms with E-state index in [9.17, 15) is 19.2 Å². The average molecular weight is 370 g/mol. The molecule has 2 heterocycles. The Balaban J connectivity index is 1.93. The van der Waals surface area contributed by atoms with E-state index >= 15 is 0 Å². The monoisotopic (exact) mass is 370 g/mol. The molecule has 0 fully saturated rings. The molecule has 2 aromatic rings. The summed E-state index contributed by atoms with van der Waals surface area (Å²) in [5.41, 5.74) is 1.49. The molecule has 0 unspecified atom stereocenters. The summed E-state index contributed by atoms with van der Waals surface area (Å²) < 4.78 is 4.78. The molecule has 0 aliphatic carbocycles. The average Bonchev–Trinajstić information content (AvgIpc) is 3.11. The van der Waals surface area contributed by atoms with Crippen LogP contribution < -0.4 is 0 Å². The number of hydrogen-bond donors (Lipinski definition) is 1. The summed E-state index contributed by atoms with van der Waals surface area (Å²) in [4.78, 5) is 57.3. The largest absolute Gasteiger partial charge is 0.465 e. The molecule has 1 aromatic heterocycles. The van der Waals surface area contributed by atoms with Gasteiger partial charge in [-0.2, -0.15) is 0 Å². The zero-order valence-corrected chi connectivity index (χ0v) is 15.1. The summed E-state index contributed by atoms with van der Waals surface area (Å²) in [7, 11) is 1.25. The van der Waals surface area contributed by atoms with Gasteiger partial charge in [0, 0.05) is 5.69 Å². The molecule has 2 amide bonds. The molecule has 1 aliphatic heterocycles. The number of imide groups is 1. The predicted octanol–water partition coefficient (Wildman–Crippen LogP) is 2.43. The molecule has 8 nitrogen and oxygen atoms in total. The topological polar surface area (TPSA) is 106 Å². The number of esters is 1. The summed E-state index contributed by atoms with van der Waals surface area (Å²) in [6, 6.07) is 6.21. The molecule has 1 aliphatic rings. The Bertz CT molecular complexity index is 924. The Morgan fingerprint density at radius 1 is 1.07 bits per heavy atom. The minimum absolute atomic E-state index is 0.0197. The van der Waals surface area contributed by atoms with Crippen molar-refractivity contribution in [3.63, 3.8) is 0 Å². The Morgan fingerprint density at radius 3 is 2.19 bits per heavy atom. The SMILES string of the molecule is CCCc1c(C(=O)ON2C(=O)c3ccccc3C2=O)[nH]c(C)c1C(=O)OC. The summed E-state index contributed by atoms with van der Waals surface area (Å²) in [6.07, 6.45) is 1.08. The van der Waals surface area contributed by atoms with E-state index in [0.717, 1.165) is 0 Å². The quantitative estimate of drug-likeness (QED) is 0.640. The molecule has 8 heteroatoms. The minimum Gasteiger partial charge on any atom is -0.465 e.